The topological polar surface area (TPSA) is 86.1 Å². The number of aryl methyl sites for hydroxylation is 1. The third-order valence-electron chi connectivity index (χ3n) is 6.59. The lowest BCUT2D eigenvalue weighted by molar-refractivity contribution is 0.0932. The molecule has 208 valence electrons. The van der Waals surface area contributed by atoms with Crippen LogP contribution in [0.3, 0.4) is 0 Å². The van der Waals surface area contributed by atoms with Gasteiger partial charge in [-0.2, -0.15) is 0 Å². The third-order valence-corrected chi connectivity index (χ3v) is 7.20. The molecule has 2 aromatic heterocycles. The van der Waals surface area contributed by atoms with Crippen LogP contribution < -0.4 is 15.6 Å². The number of hydrogen-bond donors (Lipinski definition) is 1. The van der Waals surface area contributed by atoms with Crippen molar-refractivity contribution in [3.63, 3.8) is 0 Å². The monoisotopic (exact) mass is 586 g/mol. The first kappa shape index (κ1) is 28.3. The normalized spacial score (nSPS) is 12.0. The fourth-order valence-corrected chi connectivity index (χ4v) is 5.14. The molecule has 0 aliphatic heterocycles. The van der Waals surface area contributed by atoms with Crippen LogP contribution in [0.25, 0.3) is 27.7 Å². The van der Waals surface area contributed by atoms with Crippen LogP contribution in [-0.2, 0) is 0 Å². The molecule has 5 rings (SSSR count). The first-order valence-electron chi connectivity index (χ1n) is 13.1. The Kier molecular flexibility index (Phi) is 8.10. The summed E-state index contributed by atoms with van der Waals surface area (Å²) in [7, 11) is 0. The van der Waals surface area contributed by atoms with Crippen LogP contribution in [0.4, 0.5) is 0 Å². The fourth-order valence-electron chi connectivity index (χ4n) is 4.65. The smallest absolute Gasteiger partial charge is 0.272 e. The molecule has 1 atom stereocenters. The van der Waals surface area contributed by atoms with Crippen LogP contribution in [0, 0.1) is 6.92 Å². The highest BCUT2D eigenvalue weighted by atomic mass is 35.5. The van der Waals surface area contributed by atoms with Gasteiger partial charge in [0.05, 0.1) is 45.2 Å². The van der Waals surface area contributed by atoms with E-state index in [1.807, 2.05) is 69.3 Å². The average Bonchev–Trinajstić information content (AvgIpc) is 2.94. The predicted octanol–water partition coefficient (Wildman–Crippen LogP) is 7.34. The summed E-state index contributed by atoms with van der Waals surface area (Å²) in [4.78, 5) is 36.3. The summed E-state index contributed by atoms with van der Waals surface area (Å²) in [6.45, 7) is 7.39. The van der Waals surface area contributed by atoms with Gasteiger partial charge in [-0.05, 0) is 75.5 Å². The Labute approximate surface area is 247 Å². The number of rotatable bonds is 7. The number of para-hydroxylation sites is 1. The van der Waals surface area contributed by atoms with Gasteiger partial charge in [0.15, 0.2) is 0 Å². The number of carbonyl (C=O) groups excluding carboxylic acids is 1. The quantitative estimate of drug-likeness (QED) is 0.215. The second-order valence-electron chi connectivity index (χ2n) is 9.95. The van der Waals surface area contributed by atoms with E-state index in [4.69, 9.17) is 27.9 Å². The number of carbonyl (C=O) groups is 1. The zero-order valence-corrected chi connectivity index (χ0v) is 24.5. The molecule has 1 N–H and O–H groups in total. The summed E-state index contributed by atoms with van der Waals surface area (Å²) in [5, 5.41) is 4.92. The van der Waals surface area contributed by atoms with Crippen LogP contribution in [-0.4, -0.2) is 26.5 Å². The molecule has 5 aromatic rings. The largest absolute Gasteiger partial charge is 0.489 e. The van der Waals surface area contributed by atoms with Gasteiger partial charge >= 0.3 is 0 Å². The van der Waals surface area contributed by atoms with Gasteiger partial charge < -0.3 is 10.1 Å². The summed E-state index contributed by atoms with van der Waals surface area (Å²) < 4.78 is 7.30. The molecule has 0 aliphatic rings. The van der Waals surface area contributed by atoms with E-state index in [0.717, 1.165) is 0 Å². The Morgan fingerprint density at radius 2 is 1.71 bits per heavy atom. The minimum Gasteiger partial charge on any atom is -0.489 e. The van der Waals surface area contributed by atoms with Crippen LogP contribution >= 0.6 is 23.2 Å². The van der Waals surface area contributed by atoms with Gasteiger partial charge in [-0.25, -0.2) is 4.98 Å². The lowest BCUT2D eigenvalue weighted by Crippen LogP contribution is -2.33. The molecule has 0 saturated heterocycles. The Bertz CT molecular complexity index is 1820. The van der Waals surface area contributed by atoms with E-state index in [-0.39, 0.29) is 17.4 Å². The average molecular weight is 588 g/mol. The van der Waals surface area contributed by atoms with E-state index in [1.165, 1.54) is 0 Å². The number of benzene rings is 3. The zero-order valence-electron chi connectivity index (χ0n) is 23.0. The van der Waals surface area contributed by atoms with Crippen molar-refractivity contribution in [3.05, 3.63) is 116 Å². The first-order valence-corrected chi connectivity index (χ1v) is 13.9. The molecule has 0 aliphatic carbocycles. The zero-order chi connectivity index (χ0) is 29.3. The van der Waals surface area contributed by atoms with Crippen LogP contribution in [0.15, 0.2) is 83.8 Å². The molecular weight excluding hydrogens is 559 g/mol. The Balaban J connectivity index is 1.51. The minimum absolute atomic E-state index is 0.0207. The van der Waals surface area contributed by atoms with Crippen LogP contribution in [0.5, 0.6) is 5.75 Å². The van der Waals surface area contributed by atoms with Crippen molar-refractivity contribution in [2.24, 2.45) is 0 Å². The van der Waals surface area contributed by atoms with E-state index in [9.17, 15) is 9.59 Å². The van der Waals surface area contributed by atoms with Crippen LogP contribution in [0.2, 0.25) is 10.0 Å². The van der Waals surface area contributed by atoms with Crippen molar-refractivity contribution in [2.45, 2.75) is 39.8 Å². The Hall–Kier alpha value is -4.20. The molecule has 41 heavy (non-hydrogen) atoms. The highest BCUT2D eigenvalue weighted by molar-refractivity contribution is 6.35. The molecule has 2 heterocycles. The molecule has 0 fully saturated rings. The lowest BCUT2D eigenvalue weighted by atomic mass is 10.1. The second kappa shape index (κ2) is 11.7. The molecule has 9 heteroatoms. The molecule has 3 aromatic carbocycles. The summed E-state index contributed by atoms with van der Waals surface area (Å²) in [5.74, 6) is 0.145. The van der Waals surface area contributed by atoms with Gasteiger partial charge in [-0.1, -0.05) is 53.5 Å². The van der Waals surface area contributed by atoms with Crippen LogP contribution in [0.1, 0.15) is 48.7 Å². The number of aromatic nitrogens is 3. The SMILES string of the molecule is Cc1ncc(-c2ccc(OC(C)C)c(Cl)c2)nc1C(=O)N[C@@H](C)c1cc2cccc(Cl)c2c(=O)n1-c1ccccc1. The predicted molar refractivity (Wildman–Crippen MR) is 163 cm³/mol. The summed E-state index contributed by atoms with van der Waals surface area (Å²) in [5.41, 5.74) is 2.82. The van der Waals surface area contributed by atoms with Gasteiger partial charge in [-0.15, -0.1) is 0 Å². The van der Waals surface area contributed by atoms with E-state index >= 15 is 0 Å². The highest BCUT2D eigenvalue weighted by Gasteiger charge is 2.22. The maximum Gasteiger partial charge on any atom is 0.272 e. The number of pyridine rings is 1. The summed E-state index contributed by atoms with van der Waals surface area (Å²) >= 11 is 12.9. The third kappa shape index (κ3) is 5.82. The summed E-state index contributed by atoms with van der Waals surface area (Å²) in [6.07, 6.45) is 1.58. The minimum atomic E-state index is -0.564. The lowest BCUT2D eigenvalue weighted by Gasteiger charge is -2.21. The van der Waals surface area contributed by atoms with Gasteiger partial charge in [0, 0.05) is 16.9 Å². The number of amides is 1. The molecule has 0 spiro atoms. The number of nitrogens with one attached hydrogen (secondary N) is 1. The van der Waals surface area contributed by atoms with E-state index in [2.05, 4.69) is 15.3 Å². The number of ether oxygens (including phenoxy) is 1. The molecular formula is C32H28Cl2N4O3. The maximum absolute atomic E-state index is 13.7. The summed E-state index contributed by atoms with van der Waals surface area (Å²) in [6, 6.07) is 21.2. The number of hydrogen-bond acceptors (Lipinski definition) is 5. The van der Waals surface area contributed by atoms with Gasteiger partial charge in [0.2, 0.25) is 0 Å². The molecule has 7 nitrogen and oxygen atoms in total. The van der Waals surface area contributed by atoms with Crippen molar-refractivity contribution in [3.8, 4) is 22.7 Å². The van der Waals surface area contributed by atoms with Crippen molar-refractivity contribution < 1.29 is 9.53 Å². The molecule has 0 saturated carbocycles. The van der Waals surface area contributed by atoms with Crippen molar-refractivity contribution >= 4 is 39.9 Å². The van der Waals surface area contributed by atoms with Crippen molar-refractivity contribution in [2.75, 3.05) is 0 Å². The van der Waals surface area contributed by atoms with E-state index < -0.39 is 11.9 Å². The van der Waals surface area contributed by atoms with Gasteiger partial charge in [-0.3, -0.25) is 19.1 Å². The standard InChI is InChI=1S/C32H28Cl2N4O3/c1-18(2)41-28-14-13-21(15-25(28)34)26-17-35-20(4)30(37-26)31(39)36-19(3)27-16-22-9-8-12-24(33)29(22)32(40)38(27)23-10-6-5-7-11-23/h5-19H,1-4H3,(H,36,39)/t19-/m0/s1. The molecule has 0 unspecified atom stereocenters. The highest BCUT2D eigenvalue weighted by Crippen LogP contribution is 2.31. The van der Waals surface area contributed by atoms with Crippen molar-refractivity contribution in [1.29, 1.82) is 0 Å². The first-order chi connectivity index (χ1) is 19.6. The number of fused-ring (bicyclic) bond motifs is 1. The second-order valence-corrected chi connectivity index (χ2v) is 10.8. The molecule has 1 amide bonds. The van der Waals surface area contributed by atoms with E-state index in [1.54, 1.807) is 42.0 Å². The fraction of sp³-hybridized carbons (Fsp3) is 0.188. The van der Waals surface area contributed by atoms with Crippen molar-refractivity contribution in [1.82, 2.24) is 19.9 Å². The van der Waals surface area contributed by atoms with Gasteiger partial charge in [0.25, 0.3) is 11.5 Å². The number of nitrogens with zero attached hydrogens (tertiary/aromatic N) is 3. The Morgan fingerprint density at radius 1 is 0.951 bits per heavy atom. The molecule has 0 bridgehead atoms. The Morgan fingerprint density at radius 3 is 2.41 bits per heavy atom. The van der Waals surface area contributed by atoms with E-state index in [0.29, 0.717) is 54.9 Å². The maximum atomic E-state index is 13.7. The molecule has 0 radical (unpaired) electrons. The number of halogens is 2. The van der Waals surface area contributed by atoms with Gasteiger partial charge in [0.1, 0.15) is 11.4 Å².